The molecule has 0 amide bonds. The Balaban J connectivity index is 2.27. The Morgan fingerprint density at radius 2 is 2.20 bits per heavy atom. The summed E-state index contributed by atoms with van der Waals surface area (Å²) in [6.45, 7) is 0.190. The van der Waals surface area contributed by atoms with Crippen LogP contribution >= 0.6 is 15.9 Å². The molecule has 0 radical (unpaired) electrons. The second-order valence-electron chi connectivity index (χ2n) is 5.16. The van der Waals surface area contributed by atoms with Crippen molar-refractivity contribution < 1.29 is 5.11 Å². The highest BCUT2D eigenvalue weighted by molar-refractivity contribution is 9.10. The van der Waals surface area contributed by atoms with Gasteiger partial charge in [-0.05, 0) is 28.8 Å². The molecule has 0 spiro atoms. The third-order valence-electron chi connectivity index (χ3n) is 3.74. The lowest BCUT2D eigenvalue weighted by Gasteiger charge is -2.37. The highest BCUT2D eigenvalue weighted by atomic mass is 79.9. The number of rotatable bonds is 4. The summed E-state index contributed by atoms with van der Waals surface area (Å²) in [6.07, 6.45) is 11.9. The van der Waals surface area contributed by atoms with E-state index in [-0.39, 0.29) is 24.2 Å². The number of aliphatic hydroxyl groups is 1. The lowest BCUT2D eigenvalue weighted by Crippen LogP contribution is -2.44. The maximum atomic E-state index is 12.1. The fraction of sp³-hybridized carbons (Fsp3) is 0.571. The largest absolute Gasteiger partial charge is 0.394 e. The van der Waals surface area contributed by atoms with E-state index in [0.717, 1.165) is 25.7 Å². The van der Waals surface area contributed by atoms with Crippen LogP contribution in [-0.2, 0) is 6.54 Å². The molecule has 1 saturated carbocycles. The van der Waals surface area contributed by atoms with Gasteiger partial charge in [-0.1, -0.05) is 25.2 Å². The Kier molecular flexibility index (Phi) is 4.84. The van der Waals surface area contributed by atoms with E-state index >= 15 is 0 Å². The minimum atomic E-state index is -0.354. The highest BCUT2D eigenvalue weighted by Gasteiger charge is 2.32. The molecular weight excluding hydrogens is 322 g/mol. The van der Waals surface area contributed by atoms with Gasteiger partial charge >= 0.3 is 0 Å². The van der Waals surface area contributed by atoms with Gasteiger partial charge < -0.3 is 10.4 Å². The molecule has 2 rings (SSSR count). The van der Waals surface area contributed by atoms with Crippen molar-refractivity contribution in [2.45, 2.75) is 44.2 Å². The molecule has 5 nitrogen and oxygen atoms in total. The van der Waals surface area contributed by atoms with E-state index in [2.05, 4.69) is 32.3 Å². The van der Waals surface area contributed by atoms with E-state index in [9.17, 15) is 9.90 Å². The Hall–Kier alpha value is -1.32. The number of hydrogen-bond donors (Lipinski definition) is 2. The summed E-state index contributed by atoms with van der Waals surface area (Å²) in [7, 11) is 0. The zero-order valence-corrected chi connectivity index (χ0v) is 12.8. The van der Waals surface area contributed by atoms with Gasteiger partial charge in [0.05, 0.1) is 24.0 Å². The number of nitrogens with one attached hydrogen (secondary N) is 1. The summed E-state index contributed by atoms with van der Waals surface area (Å²) < 4.78 is 1.63. The molecule has 0 atom stereocenters. The monoisotopic (exact) mass is 339 g/mol. The van der Waals surface area contributed by atoms with E-state index in [0.29, 0.717) is 10.2 Å². The Morgan fingerprint density at radius 3 is 2.80 bits per heavy atom. The van der Waals surface area contributed by atoms with Crippen LogP contribution in [0.2, 0.25) is 0 Å². The fourth-order valence-electron chi connectivity index (χ4n) is 2.59. The summed E-state index contributed by atoms with van der Waals surface area (Å²) in [5.74, 6) is 2.39. The Morgan fingerprint density at radius 1 is 1.50 bits per heavy atom. The number of aromatic nitrogens is 2. The predicted octanol–water partition coefficient (Wildman–Crippen LogP) is 1.75. The van der Waals surface area contributed by atoms with Crippen molar-refractivity contribution in [2.75, 3.05) is 11.9 Å². The maximum absolute atomic E-state index is 12.1. The van der Waals surface area contributed by atoms with Gasteiger partial charge in [0.25, 0.3) is 5.56 Å². The van der Waals surface area contributed by atoms with Crippen LogP contribution in [0.5, 0.6) is 0 Å². The van der Waals surface area contributed by atoms with Crippen LogP contribution in [0.15, 0.2) is 15.5 Å². The van der Waals surface area contributed by atoms with Crippen molar-refractivity contribution in [3.63, 3.8) is 0 Å². The van der Waals surface area contributed by atoms with Crippen LogP contribution in [0.3, 0.4) is 0 Å². The molecule has 1 aromatic heterocycles. The number of hydrogen-bond acceptors (Lipinski definition) is 4. The van der Waals surface area contributed by atoms with E-state index in [4.69, 9.17) is 6.42 Å². The maximum Gasteiger partial charge on any atom is 0.284 e. The second-order valence-corrected chi connectivity index (χ2v) is 5.96. The molecule has 1 aliphatic carbocycles. The van der Waals surface area contributed by atoms with Crippen molar-refractivity contribution in [2.24, 2.45) is 0 Å². The van der Waals surface area contributed by atoms with Gasteiger partial charge in [0.1, 0.15) is 11.0 Å². The molecule has 1 fully saturated rings. The molecule has 1 aromatic rings. The molecule has 2 N–H and O–H groups in total. The van der Waals surface area contributed by atoms with Crippen molar-refractivity contribution in [1.29, 1.82) is 0 Å². The van der Waals surface area contributed by atoms with Crippen molar-refractivity contribution in [1.82, 2.24) is 9.78 Å². The Bertz CT molecular complexity index is 571. The molecule has 108 valence electrons. The van der Waals surface area contributed by atoms with Crippen LogP contribution in [0.1, 0.15) is 32.1 Å². The molecule has 1 heterocycles. The molecule has 1 aliphatic rings. The molecule has 6 heteroatoms. The Labute approximate surface area is 126 Å². The quantitative estimate of drug-likeness (QED) is 0.820. The first-order valence-corrected chi connectivity index (χ1v) is 7.49. The number of terminal acetylenes is 1. The minimum Gasteiger partial charge on any atom is -0.394 e. The van der Waals surface area contributed by atoms with Crippen LogP contribution in [0.4, 0.5) is 5.69 Å². The van der Waals surface area contributed by atoms with E-state index < -0.39 is 0 Å². The van der Waals surface area contributed by atoms with Gasteiger partial charge in [-0.2, -0.15) is 5.10 Å². The van der Waals surface area contributed by atoms with Crippen molar-refractivity contribution in [3.8, 4) is 12.3 Å². The van der Waals surface area contributed by atoms with Gasteiger partial charge in [-0.25, -0.2) is 4.68 Å². The van der Waals surface area contributed by atoms with Crippen LogP contribution < -0.4 is 10.9 Å². The topological polar surface area (TPSA) is 67.2 Å². The van der Waals surface area contributed by atoms with Gasteiger partial charge in [0, 0.05) is 0 Å². The number of nitrogens with zero attached hydrogens (tertiary/aromatic N) is 2. The number of anilines is 1. The van der Waals surface area contributed by atoms with Gasteiger partial charge in [-0.3, -0.25) is 4.79 Å². The first-order chi connectivity index (χ1) is 9.62. The average molecular weight is 340 g/mol. The normalized spacial score (nSPS) is 17.4. The SMILES string of the molecule is C#CCn1ncc(NC2(CO)CCCCC2)c(Br)c1=O. The van der Waals surface area contributed by atoms with Crippen LogP contribution in [0, 0.1) is 12.3 Å². The van der Waals surface area contributed by atoms with E-state index in [1.165, 1.54) is 11.1 Å². The lowest BCUT2D eigenvalue weighted by molar-refractivity contribution is 0.172. The van der Waals surface area contributed by atoms with Crippen LogP contribution in [-0.4, -0.2) is 27.0 Å². The third kappa shape index (κ3) is 3.05. The molecule has 0 bridgehead atoms. The summed E-state index contributed by atoms with van der Waals surface area (Å²) >= 11 is 3.30. The summed E-state index contributed by atoms with van der Waals surface area (Å²) in [4.78, 5) is 12.1. The molecule has 0 saturated heterocycles. The van der Waals surface area contributed by atoms with E-state index in [1.807, 2.05) is 0 Å². The molecule has 0 aromatic carbocycles. The number of halogens is 1. The molecule has 0 aliphatic heterocycles. The minimum absolute atomic E-state index is 0.0485. The average Bonchev–Trinajstić information content (AvgIpc) is 2.48. The predicted molar refractivity (Wildman–Crippen MR) is 81.6 cm³/mol. The van der Waals surface area contributed by atoms with Gasteiger partial charge in [0.2, 0.25) is 0 Å². The molecule has 20 heavy (non-hydrogen) atoms. The first kappa shape index (κ1) is 15.1. The summed E-state index contributed by atoms with van der Waals surface area (Å²) in [5, 5.41) is 17.0. The molecular formula is C14H18BrN3O2. The smallest absolute Gasteiger partial charge is 0.284 e. The van der Waals surface area contributed by atoms with Crippen molar-refractivity contribution >= 4 is 21.6 Å². The standard InChI is InChI=1S/C14H18BrN3O2/c1-2-8-18-13(20)12(15)11(9-16-18)17-14(10-19)6-4-3-5-7-14/h1,9,17,19H,3-8,10H2. The van der Waals surface area contributed by atoms with E-state index in [1.54, 1.807) is 6.20 Å². The molecule has 0 unspecified atom stereocenters. The van der Waals surface area contributed by atoms with Gasteiger partial charge in [0.15, 0.2) is 0 Å². The number of aliphatic hydroxyl groups excluding tert-OH is 1. The van der Waals surface area contributed by atoms with Crippen molar-refractivity contribution in [3.05, 3.63) is 21.0 Å². The van der Waals surface area contributed by atoms with Crippen LogP contribution in [0.25, 0.3) is 0 Å². The lowest BCUT2D eigenvalue weighted by atomic mass is 9.82. The zero-order chi connectivity index (χ0) is 14.6. The second kappa shape index (κ2) is 6.42. The first-order valence-electron chi connectivity index (χ1n) is 6.70. The fourth-order valence-corrected chi connectivity index (χ4v) is 2.99. The van der Waals surface area contributed by atoms with Gasteiger partial charge in [-0.15, -0.1) is 6.42 Å². The zero-order valence-electron chi connectivity index (χ0n) is 11.2. The third-order valence-corrected chi connectivity index (χ3v) is 4.51. The highest BCUT2D eigenvalue weighted by Crippen LogP contribution is 2.32. The summed E-state index contributed by atoms with van der Waals surface area (Å²) in [5.41, 5.74) is -0.0104. The summed E-state index contributed by atoms with van der Waals surface area (Å²) in [6, 6.07) is 0.